The van der Waals surface area contributed by atoms with E-state index in [9.17, 15) is 9.59 Å². The van der Waals surface area contributed by atoms with Gasteiger partial charge in [-0.3, -0.25) is 4.79 Å². The van der Waals surface area contributed by atoms with Crippen molar-refractivity contribution in [3.8, 4) is 5.75 Å². The number of ether oxygens (including phenoxy) is 1. The van der Waals surface area contributed by atoms with Crippen LogP contribution < -0.4 is 20.3 Å². The number of carbonyl (C=O) groups is 2. The van der Waals surface area contributed by atoms with Crippen LogP contribution in [-0.2, 0) is 4.79 Å². The predicted molar refractivity (Wildman–Crippen MR) is 94.1 cm³/mol. The molecule has 1 heterocycles. The zero-order valence-electron chi connectivity index (χ0n) is 13.0. The number of fused-ring (bicyclic) bond motifs is 1. The summed E-state index contributed by atoms with van der Waals surface area (Å²) >= 11 is 5.81. The number of nitrogens with zero attached hydrogens (tertiary/aromatic N) is 1. The average Bonchev–Trinajstić information content (AvgIpc) is 2.70. The molecule has 0 unspecified atom stereocenters. The Balaban J connectivity index is 1.73. The van der Waals surface area contributed by atoms with Gasteiger partial charge in [-0.2, -0.15) is 0 Å². The van der Waals surface area contributed by atoms with Crippen LogP contribution in [-0.4, -0.2) is 25.6 Å². The molecule has 0 radical (unpaired) electrons. The van der Waals surface area contributed by atoms with Crippen molar-refractivity contribution in [3.05, 3.63) is 47.5 Å². The van der Waals surface area contributed by atoms with Crippen LogP contribution in [0, 0.1) is 0 Å². The second-order valence-electron chi connectivity index (χ2n) is 5.32. The molecule has 3 rings (SSSR count). The van der Waals surface area contributed by atoms with Gasteiger partial charge in [-0.25, -0.2) is 4.79 Å². The van der Waals surface area contributed by atoms with Crippen molar-refractivity contribution in [2.24, 2.45) is 0 Å². The highest BCUT2D eigenvalue weighted by atomic mass is 35.5. The lowest BCUT2D eigenvalue weighted by Gasteiger charge is -2.17. The van der Waals surface area contributed by atoms with E-state index in [-0.39, 0.29) is 11.9 Å². The third-order valence-corrected chi connectivity index (χ3v) is 3.88. The number of carbonyl (C=O) groups excluding carboxylic acids is 2. The van der Waals surface area contributed by atoms with Gasteiger partial charge in [-0.05, 0) is 42.5 Å². The lowest BCUT2D eigenvalue weighted by Crippen LogP contribution is -2.25. The van der Waals surface area contributed by atoms with E-state index >= 15 is 0 Å². The van der Waals surface area contributed by atoms with Crippen molar-refractivity contribution < 1.29 is 14.3 Å². The molecule has 0 saturated carbocycles. The molecule has 1 aliphatic rings. The third kappa shape index (κ3) is 3.60. The molecule has 0 spiro atoms. The second-order valence-corrected chi connectivity index (χ2v) is 5.76. The number of amides is 3. The highest BCUT2D eigenvalue weighted by molar-refractivity contribution is 6.30. The van der Waals surface area contributed by atoms with Crippen LogP contribution in [0.5, 0.6) is 5.75 Å². The standard InChI is InChI=1S/C17H16ClN3O3/c1-21-14-10-13(6-7-15(14)24-9-8-16(21)22)20-17(23)19-12-4-2-11(18)3-5-12/h2-7,10H,8-9H2,1H3,(H2,19,20,23). The summed E-state index contributed by atoms with van der Waals surface area (Å²) in [5.41, 5.74) is 1.81. The van der Waals surface area contributed by atoms with Gasteiger partial charge in [0.25, 0.3) is 0 Å². The Morgan fingerprint density at radius 1 is 1.12 bits per heavy atom. The first kappa shape index (κ1) is 16.1. The van der Waals surface area contributed by atoms with E-state index in [4.69, 9.17) is 16.3 Å². The number of anilines is 3. The summed E-state index contributed by atoms with van der Waals surface area (Å²) in [5, 5.41) is 6.04. The summed E-state index contributed by atoms with van der Waals surface area (Å²) in [7, 11) is 1.69. The van der Waals surface area contributed by atoms with Gasteiger partial charge < -0.3 is 20.3 Å². The summed E-state index contributed by atoms with van der Waals surface area (Å²) < 4.78 is 5.55. The maximum atomic E-state index is 12.1. The molecule has 3 amide bonds. The summed E-state index contributed by atoms with van der Waals surface area (Å²) in [6.45, 7) is 0.347. The fourth-order valence-corrected chi connectivity index (χ4v) is 2.48. The van der Waals surface area contributed by atoms with Crippen LogP contribution in [0.2, 0.25) is 5.02 Å². The molecule has 0 bridgehead atoms. The second kappa shape index (κ2) is 6.80. The Morgan fingerprint density at radius 2 is 1.79 bits per heavy atom. The molecule has 2 aromatic rings. The molecule has 7 heteroatoms. The Morgan fingerprint density at radius 3 is 2.54 bits per heavy atom. The first-order valence-electron chi connectivity index (χ1n) is 7.40. The first-order chi connectivity index (χ1) is 11.5. The van der Waals surface area contributed by atoms with E-state index in [1.54, 1.807) is 49.5 Å². The van der Waals surface area contributed by atoms with Gasteiger partial charge in [0, 0.05) is 23.4 Å². The van der Waals surface area contributed by atoms with E-state index < -0.39 is 0 Å². The van der Waals surface area contributed by atoms with Gasteiger partial charge in [-0.1, -0.05) is 11.6 Å². The topological polar surface area (TPSA) is 70.7 Å². The Labute approximate surface area is 144 Å². The Hall–Kier alpha value is -2.73. The van der Waals surface area contributed by atoms with Crippen molar-refractivity contribution in [2.45, 2.75) is 6.42 Å². The van der Waals surface area contributed by atoms with Crippen LogP contribution in [0.4, 0.5) is 21.9 Å². The van der Waals surface area contributed by atoms with Gasteiger partial charge in [0.1, 0.15) is 5.75 Å². The van der Waals surface area contributed by atoms with Gasteiger partial charge in [0.05, 0.1) is 18.7 Å². The van der Waals surface area contributed by atoms with Crippen LogP contribution in [0.25, 0.3) is 0 Å². The molecule has 0 fully saturated rings. The van der Waals surface area contributed by atoms with Crippen molar-refractivity contribution >= 4 is 40.6 Å². The van der Waals surface area contributed by atoms with Crippen LogP contribution >= 0.6 is 11.6 Å². The van der Waals surface area contributed by atoms with Gasteiger partial charge in [0.15, 0.2) is 0 Å². The number of hydrogen-bond acceptors (Lipinski definition) is 3. The van der Waals surface area contributed by atoms with Gasteiger partial charge in [-0.15, -0.1) is 0 Å². The van der Waals surface area contributed by atoms with Gasteiger partial charge >= 0.3 is 6.03 Å². The lowest BCUT2D eigenvalue weighted by molar-refractivity contribution is -0.118. The fraction of sp³-hybridized carbons (Fsp3) is 0.176. The zero-order valence-corrected chi connectivity index (χ0v) is 13.8. The number of urea groups is 1. The van der Waals surface area contributed by atoms with Gasteiger partial charge in [0.2, 0.25) is 5.91 Å². The van der Waals surface area contributed by atoms with E-state index in [1.807, 2.05) is 0 Å². The maximum Gasteiger partial charge on any atom is 0.323 e. The molecule has 2 N–H and O–H groups in total. The number of nitrogens with one attached hydrogen (secondary N) is 2. The molecule has 6 nitrogen and oxygen atoms in total. The molecule has 0 aromatic heterocycles. The molecule has 0 atom stereocenters. The van der Waals surface area contributed by atoms with Crippen molar-refractivity contribution in [1.82, 2.24) is 0 Å². The Kier molecular flexibility index (Phi) is 4.57. The highest BCUT2D eigenvalue weighted by Crippen LogP contribution is 2.33. The zero-order chi connectivity index (χ0) is 17.1. The normalized spacial score (nSPS) is 13.6. The smallest absolute Gasteiger partial charge is 0.323 e. The average molecular weight is 346 g/mol. The summed E-state index contributed by atoms with van der Waals surface area (Å²) in [4.78, 5) is 25.5. The van der Waals surface area contributed by atoms with E-state index in [0.29, 0.717) is 40.9 Å². The molecule has 124 valence electrons. The quantitative estimate of drug-likeness (QED) is 0.871. The molecular weight excluding hydrogens is 330 g/mol. The summed E-state index contributed by atoms with van der Waals surface area (Å²) in [6, 6.07) is 11.6. The predicted octanol–water partition coefficient (Wildman–Crippen LogP) is 3.73. The number of hydrogen-bond donors (Lipinski definition) is 2. The largest absolute Gasteiger partial charge is 0.491 e. The van der Waals surface area contributed by atoms with Crippen molar-refractivity contribution in [2.75, 3.05) is 29.2 Å². The molecule has 2 aromatic carbocycles. The number of benzene rings is 2. The molecule has 1 aliphatic heterocycles. The highest BCUT2D eigenvalue weighted by Gasteiger charge is 2.20. The van der Waals surface area contributed by atoms with Crippen LogP contribution in [0.15, 0.2) is 42.5 Å². The van der Waals surface area contributed by atoms with E-state index in [1.165, 1.54) is 4.90 Å². The molecular formula is C17H16ClN3O3. The van der Waals surface area contributed by atoms with Crippen LogP contribution in [0.1, 0.15) is 6.42 Å². The summed E-state index contributed by atoms with van der Waals surface area (Å²) in [5.74, 6) is 0.587. The molecule has 24 heavy (non-hydrogen) atoms. The fourth-order valence-electron chi connectivity index (χ4n) is 2.36. The van der Waals surface area contributed by atoms with E-state index in [0.717, 1.165) is 0 Å². The number of rotatable bonds is 2. The monoisotopic (exact) mass is 345 g/mol. The minimum absolute atomic E-state index is 0.0310. The SMILES string of the molecule is CN1C(=O)CCOc2ccc(NC(=O)Nc3ccc(Cl)cc3)cc21. The number of halogens is 1. The third-order valence-electron chi connectivity index (χ3n) is 3.63. The maximum absolute atomic E-state index is 12.1. The lowest BCUT2D eigenvalue weighted by atomic mass is 10.2. The molecule has 0 aliphatic carbocycles. The first-order valence-corrected chi connectivity index (χ1v) is 7.78. The van der Waals surface area contributed by atoms with E-state index in [2.05, 4.69) is 10.6 Å². The minimum Gasteiger partial charge on any atom is -0.491 e. The van der Waals surface area contributed by atoms with Crippen molar-refractivity contribution in [1.29, 1.82) is 0 Å². The van der Waals surface area contributed by atoms with Crippen LogP contribution in [0.3, 0.4) is 0 Å². The summed E-state index contributed by atoms with van der Waals surface area (Å²) in [6.07, 6.45) is 0.324. The Bertz CT molecular complexity index is 777. The molecule has 0 saturated heterocycles. The minimum atomic E-state index is -0.388. The van der Waals surface area contributed by atoms with Crippen molar-refractivity contribution in [3.63, 3.8) is 0 Å².